The van der Waals surface area contributed by atoms with Crippen LogP contribution < -0.4 is 0 Å². The lowest BCUT2D eigenvalue weighted by Gasteiger charge is -2.30. The van der Waals surface area contributed by atoms with E-state index in [1.165, 1.54) is 0 Å². The smallest absolute Gasteiger partial charge is 0.162 e. The molecule has 4 nitrogen and oxygen atoms in total. The van der Waals surface area contributed by atoms with Gasteiger partial charge in [-0.15, -0.1) is 0 Å². The number of hydrogen-bond acceptors (Lipinski definition) is 3. The van der Waals surface area contributed by atoms with Crippen molar-refractivity contribution in [1.29, 1.82) is 0 Å². The number of hydrogen-bond donors (Lipinski definition) is 0. The average Bonchev–Trinajstić information content (AvgIpc) is 2.46. The van der Waals surface area contributed by atoms with Gasteiger partial charge in [0.25, 0.3) is 0 Å². The number of sulfone groups is 1. The van der Waals surface area contributed by atoms with E-state index in [0.29, 0.717) is 6.54 Å². The van der Waals surface area contributed by atoms with Crippen LogP contribution in [0, 0.1) is 0 Å². The summed E-state index contributed by atoms with van der Waals surface area (Å²) in [5, 5.41) is 4.07. The van der Waals surface area contributed by atoms with E-state index < -0.39 is 14.6 Å². The lowest BCUT2D eigenvalue weighted by molar-refractivity contribution is 0.488. The Morgan fingerprint density at radius 2 is 2.23 bits per heavy atom. The first-order chi connectivity index (χ1) is 5.95. The van der Waals surface area contributed by atoms with Crippen LogP contribution in [-0.4, -0.2) is 24.0 Å². The Morgan fingerprint density at radius 3 is 2.92 bits per heavy atom. The van der Waals surface area contributed by atoms with E-state index in [2.05, 4.69) is 5.10 Å². The van der Waals surface area contributed by atoms with Gasteiger partial charge < -0.3 is 0 Å². The molecule has 0 amide bonds. The summed E-state index contributed by atoms with van der Waals surface area (Å²) in [6, 6.07) is 1.77. The van der Waals surface area contributed by atoms with Gasteiger partial charge in [-0.05, 0) is 19.9 Å². The first kappa shape index (κ1) is 8.74. The summed E-state index contributed by atoms with van der Waals surface area (Å²) in [6.45, 7) is 3.94. The number of aryl methyl sites for hydroxylation is 1. The molecule has 0 aliphatic carbocycles. The summed E-state index contributed by atoms with van der Waals surface area (Å²) in [4.78, 5) is 0. The van der Waals surface area contributed by atoms with Crippen LogP contribution in [0.1, 0.15) is 19.5 Å². The van der Waals surface area contributed by atoms with E-state index in [1.54, 1.807) is 30.8 Å². The molecule has 1 aliphatic rings. The minimum atomic E-state index is -3.01. The van der Waals surface area contributed by atoms with Crippen molar-refractivity contribution >= 4 is 9.84 Å². The molecule has 1 aliphatic heterocycles. The highest BCUT2D eigenvalue weighted by molar-refractivity contribution is 7.92. The zero-order valence-electron chi connectivity index (χ0n) is 7.69. The third-order valence-corrected chi connectivity index (χ3v) is 5.17. The Bertz CT molecular complexity index is 431. The molecule has 0 radical (unpaired) electrons. The van der Waals surface area contributed by atoms with Gasteiger partial charge in [0.05, 0.1) is 18.0 Å². The fraction of sp³-hybridized carbons (Fsp3) is 0.625. The summed E-state index contributed by atoms with van der Waals surface area (Å²) in [7, 11) is -3.01. The van der Waals surface area contributed by atoms with Crippen molar-refractivity contribution in [2.75, 3.05) is 5.75 Å². The van der Waals surface area contributed by atoms with Crippen molar-refractivity contribution in [2.24, 2.45) is 0 Å². The predicted molar refractivity (Wildman–Crippen MR) is 49.0 cm³/mol. The van der Waals surface area contributed by atoms with Gasteiger partial charge >= 0.3 is 0 Å². The Balaban J connectivity index is 2.68. The summed E-state index contributed by atoms with van der Waals surface area (Å²) < 4.78 is 24.4. The van der Waals surface area contributed by atoms with Crippen LogP contribution in [0.25, 0.3) is 0 Å². The topological polar surface area (TPSA) is 52.0 Å². The Labute approximate surface area is 77.5 Å². The molecule has 2 heterocycles. The zero-order chi connectivity index (χ0) is 9.69. The van der Waals surface area contributed by atoms with E-state index in [-0.39, 0.29) is 5.75 Å². The molecule has 72 valence electrons. The summed E-state index contributed by atoms with van der Waals surface area (Å²) in [6.07, 6.45) is 1.65. The molecule has 5 heteroatoms. The minimum Gasteiger partial charge on any atom is -0.267 e. The van der Waals surface area contributed by atoms with E-state index in [1.807, 2.05) is 0 Å². The van der Waals surface area contributed by atoms with Crippen LogP contribution in [0.5, 0.6) is 0 Å². The van der Waals surface area contributed by atoms with E-state index in [4.69, 9.17) is 0 Å². The molecule has 0 fully saturated rings. The molecular formula is C8H12N2O2S. The monoisotopic (exact) mass is 200 g/mol. The largest absolute Gasteiger partial charge is 0.267 e. The second-order valence-corrected chi connectivity index (χ2v) is 6.43. The maximum absolute atomic E-state index is 11.7. The molecular weight excluding hydrogens is 188 g/mol. The number of aromatic nitrogens is 2. The fourth-order valence-electron chi connectivity index (χ4n) is 1.64. The standard InChI is InChI=1S/C8H12N2O2S/c1-8(2)7-3-4-9-10(7)5-6-13(8,11)12/h3-4H,5-6H2,1-2H3. The molecule has 0 aromatic carbocycles. The van der Waals surface area contributed by atoms with Gasteiger partial charge in [0.1, 0.15) is 4.75 Å². The van der Waals surface area contributed by atoms with Crippen molar-refractivity contribution in [3.63, 3.8) is 0 Å². The quantitative estimate of drug-likeness (QED) is 0.614. The predicted octanol–water partition coefficient (Wildman–Crippen LogP) is 0.547. The molecule has 0 unspecified atom stereocenters. The van der Waals surface area contributed by atoms with E-state index >= 15 is 0 Å². The molecule has 0 atom stereocenters. The van der Waals surface area contributed by atoms with Crippen LogP contribution in [0.3, 0.4) is 0 Å². The number of rotatable bonds is 0. The maximum Gasteiger partial charge on any atom is 0.162 e. The van der Waals surface area contributed by atoms with Gasteiger partial charge in [0, 0.05) is 6.20 Å². The van der Waals surface area contributed by atoms with Crippen LogP contribution in [-0.2, 0) is 21.1 Å². The molecule has 1 aromatic rings. The van der Waals surface area contributed by atoms with Gasteiger partial charge in [0.2, 0.25) is 0 Å². The SMILES string of the molecule is CC1(C)c2ccnn2CCS1(=O)=O. The van der Waals surface area contributed by atoms with Crippen molar-refractivity contribution in [2.45, 2.75) is 25.1 Å². The third-order valence-electron chi connectivity index (χ3n) is 2.68. The number of nitrogens with zero attached hydrogens (tertiary/aromatic N) is 2. The molecule has 13 heavy (non-hydrogen) atoms. The Morgan fingerprint density at radius 1 is 1.54 bits per heavy atom. The van der Waals surface area contributed by atoms with Gasteiger partial charge in [0.15, 0.2) is 9.84 Å². The fourth-order valence-corrected chi connectivity index (χ4v) is 3.06. The molecule has 0 N–H and O–H groups in total. The van der Waals surface area contributed by atoms with Crippen LogP contribution >= 0.6 is 0 Å². The van der Waals surface area contributed by atoms with Gasteiger partial charge in [-0.2, -0.15) is 5.10 Å². The summed E-state index contributed by atoms with van der Waals surface area (Å²) in [5.74, 6) is 0.189. The molecule has 1 aromatic heterocycles. The van der Waals surface area contributed by atoms with Gasteiger partial charge in [-0.25, -0.2) is 8.42 Å². The molecule has 0 bridgehead atoms. The first-order valence-corrected chi connectivity index (χ1v) is 5.85. The normalized spacial score (nSPS) is 23.8. The average molecular weight is 200 g/mol. The zero-order valence-corrected chi connectivity index (χ0v) is 8.50. The highest BCUT2D eigenvalue weighted by atomic mass is 32.2. The minimum absolute atomic E-state index is 0.189. The highest BCUT2D eigenvalue weighted by Crippen LogP contribution is 2.33. The lowest BCUT2D eigenvalue weighted by Crippen LogP contribution is -2.40. The van der Waals surface area contributed by atoms with Crippen molar-refractivity contribution in [3.8, 4) is 0 Å². The second-order valence-electron chi connectivity index (χ2n) is 3.77. The van der Waals surface area contributed by atoms with Crippen LogP contribution in [0.4, 0.5) is 0 Å². The van der Waals surface area contributed by atoms with Crippen molar-refractivity contribution < 1.29 is 8.42 Å². The molecule has 0 spiro atoms. The second kappa shape index (κ2) is 2.35. The third kappa shape index (κ3) is 1.03. The highest BCUT2D eigenvalue weighted by Gasteiger charge is 2.41. The summed E-state index contributed by atoms with van der Waals surface area (Å²) in [5.41, 5.74) is 0.791. The van der Waals surface area contributed by atoms with Gasteiger partial charge in [-0.3, -0.25) is 4.68 Å². The van der Waals surface area contributed by atoms with E-state index in [0.717, 1.165) is 5.69 Å². The molecule has 2 rings (SSSR count). The van der Waals surface area contributed by atoms with Crippen molar-refractivity contribution in [3.05, 3.63) is 18.0 Å². The van der Waals surface area contributed by atoms with Crippen LogP contribution in [0.15, 0.2) is 12.3 Å². The van der Waals surface area contributed by atoms with Crippen molar-refractivity contribution in [1.82, 2.24) is 9.78 Å². The number of fused-ring (bicyclic) bond motifs is 1. The summed E-state index contributed by atoms with van der Waals surface area (Å²) >= 11 is 0. The Kier molecular flexibility index (Phi) is 1.58. The first-order valence-electron chi connectivity index (χ1n) is 4.20. The molecule has 0 saturated heterocycles. The van der Waals surface area contributed by atoms with Gasteiger partial charge in [-0.1, -0.05) is 0 Å². The van der Waals surface area contributed by atoms with Crippen LogP contribution in [0.2, 0.25) is 0 Å². The van der Waals surface area contributed by atoms with E-state index in [9.17, 15) is 8.42 Å². The lowest BCUT2D eigenvalue weighted by atomic mass is 10.1. The maximum atomic E-state index is 11.7. The Hall–Kier alpha value is -0.840. The molecule has 0 saturated carbocycles.